The fraction of sp³-hybridized carbons (Fsp3) is 0.174. The Hall–Kier alpha value is -7.34. The van der Waals surface area contributed by atoms with Gasteiger partial charge in [-0.2, -0.15) is 10.2 Å². The molecule has 0 fully saturated rings. The van der Waals surface area contributed by atoms with E-state index in [1.807, 2.05) is 85.0 Å². The number of rotatable bonds is 4. The lowest BCUT2D eigenvalue weighted by atomic mass is 9.94. The molecule has 0 radical (unpaired) electrons. The van der Waals surface area contributed by atoms with Gasteiger partial charge in [0.05, 0.1) is 56.9 Å². The number of fused-ring (bicyclic) bond motifs is 6. The first-order valence-electron chi connectivity index (χ1n) is 19.8. The lowest BCUT2D eigenvalue weighted by Crippen LogP contribution is -2.25. The van der Waals surface area contributed by atoms with Crippen LogP contribution in [0.25, 0.3) is 89.2 Å². The van der Waals surface area contributed by atoms with Crippen LogP contribution in [0.15, 0.2) is 110 Å². The largest absolute Gasteiger partial charge is 0.384 e. The topological polar surface area (TPSA) is 145 Å². The molecule has 0 saturated heterocycles. The number of aromatic nitrogens is 10. The molecule has 12 heteroatoms. The van der Waals surface area contributed by atoms with E-state index in [-0.39, 0.29) is 0 Å². The highest BCUT2D eigenvalue weighted by atomic mass is 15.3. The number of hydrogen-bond acceptors (Lipinski definition) is 8. The van der Waals surface area contributed by atoms with Crippen LogP contribution in [-0.2, 0) is 19.9 Å². The number of H-pyrrole nitrogens is 3. The van der Waals surface area contributed by atoms with Crippen molar-refractivity contribution in [2.75, 3.05) is 30.4 Å². The number of nitrogens with zero attached hydrogens (tertiary/aromatic N) is 8. The highest BCUT2D eigenvalue weighted by Crippen LogP contribution is 2.38. The molecule has 2 aliphatic heterocycles. The van der Waals surface area contributed by atoms with Crippen molar-refractivity contribution in [1.29, 1.82) is 0 Å². The third-order valence-corrected chi connectivity index (χ3v) is 11.6. The summed E-state index contributed by atoms with van der Waals surface area (Å²) >= 11 is 0. The molecule has 6 aromatic heterocycles. The first kappa shape index (κ1) is 34.0. The van der Waals surface area contributed by atoms with Gasteiger partial charge in [0.2, 0.25) is 0 Å². The van der Waals surface area contributed by atoms with Crippen LogP contribution < -0.4 is 10.2 Å². The van der Waals surface area contributed by atoms with E-state index in [0.717, 1.165) is 111 Å². The molecule has 0 amide bonds. The standard InChI is InChI=1S/C24H22N6.C22H18N6/c1-29-11-5-6-16-18(13-25-14-22(16)29)15-9-10-21-17(12-15)23(28-30(21)2)24-26-19-7-3-4-8-20(19)27-24;1-2-6-19-18(5-1)25-22(26-19)21-15-10-13(7-8-17(15)27-28-21)16-11-23-12-20-14(16)4-3-9-24-20/h3-4,7-10,12-14H,5-6,11H2,1-2H3,(H,26,27);1-2,5-8,10-12,24H,3-4,9H2,(H,25,26)(H,27,28). The van der Waals surface area contributed by atoms with Gasteiger partial charge in [0.25, 0.3) is 0 Å². The maximum absolute atomic E-state index is 4.79. The van der Waals surface area contributed by atoms with Gasteiger partial charge in [-0.3, -0.25) is 19.7 Å². The van der Waals surface area contributed by atoms with E-state index in [1.54, 1.807) is 0 Å². The lowest BCUT2D eigenvalue weighted by Gasteiger charge is -2.28. The quantitative estimate of drug-likeness (QED) is 0.139. The maximum atomic E-state index is 4.79. The van der Waals surface area contributed by atoms with Gasteiger partial charge in [0.1, 0.15) is 11.4 Å². The minimum atomic E-state index is 0.777. The van der Waals surface area contributed by atoms with Crippen molar-refractivity contribution in [2.24, 2.45) is 7.05 Å². The number of hydrogen-bond donors (Lipinski definition) is 4. The zero-order valence-corrected chi connectivity index (χ0v) is 32.2. The third kappa shape index (κ3) is 5.75. The van der Waals surface area contributed by atoms with Crippen LogP contribution in [0, 0.1) is 0 Å². The maximum Gasteiger partial charge on any atom is 0.159 e. The zero-order chi connectivity index (χ0) is 38.7. The number of nitrogens with one attached hydrogen (secondary N) is 4. The Morgan fingerprint density at radius 2 is 1.29 bits per heavy atom. The number of pyridine rings is 2. The van der Waals surface area contributed by atoms with Gasteiger partial charge in [-0.05, 0) is 96.5 Å². The van der Waals surface area contributed by atoms with E-state index in [1.165, 1.54) is 39.9 Å². The summed E-state index contributed by atoms with van der Waals surface area (Å²) < 4.78 is 1.92. The van der Waals surface area contributed by atoms with Crippen LogP contribution in [0.3, 0.4) is 0 Å². The molecule has 0 atom stereocenters. The Kier molecular flexibility index (Phi) is 8.02. The summed E-state index contributed by atoms with van der Waals surface area (Å²) in [5.41, 5.74) is 17.5. The molecule has 8 heterocycles. The Morgan fingerprint density at radius 3 is 2.07 bits per heavy atom. The van der Waals surface area contributed by atoms with Gasteiger partial charge < -0.3 is 20.2 Å². The Bertz CT molecular complexity index is 3100. The van der Waals surface area contributed by atoms with Gasteiger partial charge in [0, 0.05) is 61.5 Å². The number of aryl methyl sites for hydroxylation is 1. The highest BCUT2D eigenvalue weighted by molar-refractivity contribution is 5.98. The zero-order valence-electron chi connectivity index (χ0n) is 32.2. The number of benzene rings is 4. The van der Waals surface area contributed by atoms with Crippen molar-refractivity contribution in [3.63, 3.8) is 0 Å². The van der Waals surface area contributed by atoms with Gasteiger partial charge in [0.15, 0.2) is 11.6 Å². The molecule has 284 valence electrons. The van der Waals surface area contributed by atoms with Crippen LogP contribution in [0.5, 0.6) is 0 Å². The number of anilines is 2. The summed E-state index contributed by atoms with van der Waals surface area (Å²) in [5.74, 6) is 1.58. The number of para-hydroxylation sites is 4. The SMILES string of the molecule is CN1CCCc2c(-c3ccc4c(c3)c(-c3nc5ccccc5[nH]3)nn4C)cncc21.c1ccc2[nH]c(-c3n[nH]c4ccc(-c5cncc6c5CCCN6)cc34)nc2c1. The fourth-order valence-electron chi connectivity index (χ4n) is 8.68. The van der Waals surface area contributed by atoms with Crippen molar-refractivity contribution in [3.05, 3.63) is 121 Å². The Labute approximate surface area is 333 Å². The number of imidazole rings is 2. The van der Waals surface area contributed by atoms with Gasteiger partial charge in [-0.1, -0.05) is 36.4 Å². The molecule has 58 heavy (non-hydrogen) atoms. The highest BCUT2D eigenvalue weighted by Gasteiger charge is 2.21. The van der Waals surface area contributed by atoms with Crippen molar-refractivity contribution in [1.82, 2.24) is 49.9 Å². The number of aromatic amines is 3. The minimum Gasteiger partial charge on any atom is -0.384 e. The van der Waals surface area contributed by atoms with E-state index in [4.69, 9.17) is 15.1 Å². The molecule has 0 spiro atoms. The van der Waals surface area contributed by atoms with Crippen LogP contribution in [-0.4, -0.2) is 70.0 Å². The molecule has 0 saturated carbocycles. The second kappa shape index (κ2) is 13.7. The Balaban J connectivity index is 0.000000133. The first-order valence-corrected chi connectivity index (χ1v) is 19.8. The normalized spacial score (nSPS) is 13.7. The molecule has 0 aliphatic carbocycles. The van der Waals surface area contributed by atoms with E-state index in [0.29, 0.717) is 0 Å². The average molecular weight is 761 g/mol. The van der Waals surface area contributed by atoms with Crippen LogP contribution >= 0.6 is 0 Å². The Morgan fingerprint density at radius 1 is 0.621 bits per heavy atom. The molecule has 10 aromatic rings. The molecule has 4 N–H and O–H groups in total. The summed E-state index contributed by atoms with van der Waals surface area (Å²) in [5, 5.41) is 18.1. The van der Waals surface area contributed by atoms with E-state index in [9.17, 15) is 0 Å². The summed E-state index contributed by atoms with van der Waals surface area (Å²) in [6, 6.07) is 29.1. The minimum absolute atomic E-state index is 0.777. The average Bonchev–Trinajstić information content (AvgIpc) is 4.07. The molecular formula is C46H40N12. The predicted molar refractivity (Wildman–Crippen MR) is 232 cm³/mol. The van der Waals surface area contributed by atoms with Crippen molar-refractivity contribution < 1.29 is 0 Å². The van der Waals surface area contributed by atoms with Crippen molar-refractivity contribution in [2.45, 2.75) is 25.7 Å². The third-order valence-electron chi connectivity index (χ3n) is 11.6. The van der Waals surface area contributed by atoms with E-state index >= 15 is 0 Å². The molecule has 12 nitrogen and oxygen atoms in total. The fourth-order valence-corrected chi connectivity index (χ4v) is 8.68. The van der Waals surface area contributed by atoms with Crippen LogP contribution in [0.4, 0.5) is 11.4 Å². The predicted octanol–water partition coefficient (Wildman–Crippen LogP) is 9.09. The van der Waals surface area contributed by atoms with Crippen LogP contribution in [0.1, 0.15) is 24.0 Å². The molecule has 4 aromatic carbocycles. The first-order chi connectivity index (χ1) is 28.6. The summed E-state index contributed by atoms with van der Waals surface area (Å²) in [6.45, 7) is 2.09. The van der Waals surface area contributed by atoms with Gasteiger partial charge in [-0.15, -0.1) is 0 Å². The smallest absolute Gasteiger partial charge is 0.159 e. The van der Waals surface area contributed by atoms with Gasteiger partial charge in [-0.25, -0.2) is 9.97 Å². The van der Waals surface area contributed by atoms with Crippen molar-refractivity contribution >= 4 is 55.2 Å². The molecule has 0 unspecified atom stereocenters. The summed E-state index contributed by atoms with van der Waals surface area (Å²) in [7, 11) is 4.13. The molecule has 12 rings (SSSR count). The second-order valence-corrected chi connectivity index (χ2v) is 15.2. The van der Waals surface area contributed by atoms with Gasteiger partial charge >= 0.3 is 0 Å². The molecule has 0 bridgehead atoms. The molecule has 2 aliphatic rings. The van der Waals surface area contributed by atoms with Crippen LogP contribution in [0.2, 0.25) is 0 Å². The van der Waals surface area contributed by atoms with E-state index < -0.39 is 0 Å². The van der Waals surface area contributed by atoms with E-state index in [2.05, 4.69) is 83.8 Å². The summed E-state index contributed by atoms with van der Waals surface area (Å²) in [4.78, 5) is 27.6. The lowest BCUT2D eigenvalue weighted by molar-refractivity contribution is 0.742. The second-order valence-electron chi connectivity index (χ2n) is 15.2. The summed E-state index contributed by atoms with van der Waals surface area (Å²) in [6.07, 6.45) is 12.3. The monoisotopic (exact) mass is 760 g/mol. The van der Waals surface area contributed by atoms with Crippen molar-refractivity contribution in [3.8, 4) is 45.3 Å². The molecular weight excluding hydrogens is 721 g/mol.